The summed E-state index contributed by atoms with van der Waals surface area (Å²) < 4.78 is 17.5. The van der Waals surface area contributed by atoms with Gasteiger partial charge in [0, 0.05) is 5.41 Å². The maximum Gasteiger partial charge on any atom is 0.0566 e. The molecule has 0 aromatic heterocycles. The Balaban J connectivity index is 4.44. The molecule has 0 unspecified atom stereocenters. The first-order valence-electron chi connectivity index (χ1n) is 8.50. The first-order chi connectivity index (χ1) is 11.7. The highest BCUT2D eigenvalue weighted by Crippen LogP contribution is 2.24. The molecule has 3 nitrogen and oxygen atoms in total. The quantitative estimate of drug-likeness (QED) is 0.305. The molecule has 0 bridgehead atoms. The topological polar surface area (TPSA) is 27.7 Å². The Bertz CT molecular complexity index is 383. The van der Waals surface area contributed by atoms with Crippen molar-refractivity contribution in [3.8, 4) is 0 Å². The zero-order chi connectivity index (χ0) is 17.9. The SMILES string of the molecule is C=C=CCCOCC(CC)(COCCC=C=C)COCCC=C=C. The van der Waals surface area contributed by atoms with Gasteiger partial charge in [-0.3, -0.25) is 0 Å². The van der Waals surface area contributed by atoms with Gasteiger partial charge in [-0.25, -0.2) is 0 Å². The summed E-state index contributed by atoms with van der Waals surface area (Å²) in [7, 11) is 0. The molecule has 0 atom stereocenters. The largest absolute Gasteiger partial charge is 0.380 e. The molecular formula is C21H32O3. The van der Waals surface area contributed by atoms with Crippen molar-refractivity contribution in [1.82, 2.24) is 0 Å². The second-order valence-electron chi connectivity index (χ2n) is 5.60. The van der Waals surface area contributed by atoms with Crippen LogP contribution < -0.4 is 0 Å². The predicted molar refractivity (Wildman–Crippen MR) is 100 cm³/mol. The highest BCUT2D eigenvalue weighted by atomic mass is 16.5. The molecule has 0 fully saturated rings. The van der Waals surface area contributed by atoms with Crippen LogP contribution >= 0.6 is 0 Å². The molecule has 0 amide bonds. The number of rotatable bonds is 16. The third-order valence-electron chi connectivity index (χ3n) is 3.63. The smallest absolute Gasteiger partial charge is 0.0566 e. The van der Waals surface area contributed by atoms with Crippen LogP contribution in [0.25, 0.3) is 0 Å². The molecule has 134 valence electrons. The van der Waals surface area contributed by atoms with E-state index >= 15 is 0 Å². The molecule has 0 rings (SSSR count). The van der Waals surface area contributed by atoms with Crippen LogP contribution in [0.2, 0.25) is 0 Å². The Labute approximate surface area is 147 Å². The van der Waals surface area contributed by atoms with E-state index < -0.39 is 0 Å². The molecule has 0 N–H and O–H groups in total. The van der Waals surface area contributed by atoms with E-state index in [9.17, 15) is 0 Å². The second kappa shape index (κ2) is 16.3. The van der Waals surface area contributed by atoms with E-state index in [2.05, 4.69) is 43.9 Å². The van der Waals surface area contributed by atoms with E-state index in [1.165, 1.54) is 0 Å². The van der Waals surface area contributed by atoms with E-state index in [1.807, 2.05) is 18.2 Å². The summed E-state index contributed by atoms with van der Waals surface area (Å²) in [5.41, 5.74) is 8.13. The Hall–Kier alpha value is -1.56. The van der Waals surface area contributed by atoms with Crippen molar-refractivity contribution in [3.05, 3.63) is 55.2 Å². The van der Waals surface area contributed by atoms with Crippen molar-refractivity contribution >= 4 is 0 Å². The van der Waals surface area contributed by atoms with Crippen LogP contribution in [0.15, 0.2) is 55.2 Å². The molecule has 0 aromatic carbocycles. The lowest BCUT2D eigenvalue weighted by atomic mass is 9.88. The molecule has 0 aliphatic carbocycles. The maximum absolute atomic E-state index is 5.83. The monoisotopic (exact) mass is 332 g/mol. The molecule has 0 spiro atoms. The van der Waals surface area contributed by atoms with Gasteiger partial charge < -0.3 is 14.2 Å². The van der Waals surface area contributed by atoms with Crippen LogP contribution in [-0.4, -0.2) is 39.6 Å². The van der Waals surface area contributed by atoms with Crippen molar-refractivity contribution in [1.29, 1.82) is 0 Å². The minimum atomic E-state index is -0.131. The van der Waals surface area contributed by atoms with E-state index in [-0.39, 0.29) is 5.41 Å². The first-order valence-corrected chi connectivity index (χ1v) is 8.50. The standard InChI is InChI=1S/C21H32O3/c1-5-9-12-15-22-18-21(8-4,19-23-16-13-10-6-2)20-24-17-14-11-7-3/h9-11H,1-3,8,12-20H2,4H3. The van der Waals surface area contributed by atoms with Gasteiger partial charge in [0.1, 0.15) is 0 Å². The normalized spacial score (nSPS) is 12.4. The van der Waals surface area contributed by atoms with Gasteiger partial charge in [0.15, 0.2) is 0 Å². The van der Waals surface area contributed by atoms with Gasteiger partial charge in [0.05, 0.1) is 39.6 Å². The average molecular weight is 332 g/mol. The third kappa shape index (κ3) is 11.9. The summed E-state index contributed by atoms with van der Waals surface area (Å²) in [6, 6.07) is 0. The Morgan fingerprint density at radius 1 is 0.708 bits per heavy atom. The number of hydrogen-bond acceptors (Lipinski definition) is 3. The Morgan fingerprint density at radius 2 is 1.04 bits per heavy atom. The van der Waals surface area contributed by atoms with Gasteiger partial charge in [0.2, 0.25) is 0 Å². The lowest BCUT2D eigenvalue weighted by molar-refractivity contribution is -0.0697. The van der Waals surface area contributed by atoms with Crippen molar-refractivity contribution in [2.45, 2.75) is 32.6 Å². The van der Waals surface area contributed by atoms with Crippen molar-refractivity contribution in [3.63, 3.8) is 0 Å². The van der Waals surface area contributed by atoms with Crippen molar-refractivity contribution < 1.29 is 14.2 Å². The van der Waals surface area contributed by atoms with Gasteiger partial charge in [-0.15, -0.1) is 17.2 Å². The van der Waals surface area contributed by atoms with Crippen LogP contribution in [0, 0.1) is 5.41 Å². The van der Waals surface area contributed by atoms with Crippen molar-refractivity contribution in [2.24, 2.45) is 5.41 Å². The zero-order valence-electron chi connectivity index (χ0n) is 15.1. The van der Waals surface area contributed by atoms with Crippen LogP contribution in [0.3, 0.4) is 0 Å². The van der Waals surface area contributed by atoms with Gasteiger partial charge >= 0.3 is 0 Å². The average Bonchev–Trinajstić information content (AvgIpc) is 2.60. The highest BCUT2D eigenvalue weighted by Gasteiger charge is 2.29. The summed E-state index contributed by atoms with van der Waals surface area (Å²) in [6.07, 6.45) is 9.02. The molecule has 0 aliphatic heterocycles. The van der Waals surface area contributed by atoms with Crippen LogP contribution in [0.5, 0.6) is 0 Å². The van der Waals surface area contributed by atoms with Crippen molar-refractivity contribution in [2.75, 3.05) is 39.6 Å². The van der Waals surface area contributed by atoms with Gasteiger partial charge in [0.25, 0.3) is 0 Å². The Morgan fingerprint density at radius 3 is 1.29 bits per heavy atom. The van der Waals surface area contributed by atoms with Crippen LogP contribution in [-0.2, 0) is 14.2 Å². The van der Waals surface area contributed by atoms with E-state index in [4.69, 9.17) is 14.2 Å². The van der Waals surface area contributed by atoms with Gasteiger partial charge in [-0.2, -0.15) is 0 Å². The molecule has 24 heavy (non-hydrogen) atoms. The molecule has 0 aromatic rings. The van der Waals surface area contributed by atoms with E-state index in [0.29, 0.717) is 39.6 Å². The maximum atomic E-state index is 5.83. The highest BCUT2D eigenvalue weighted by molar-refractivity contribution is 4.81. The Kier molecular flexibility index (Phi) is 15.2. The second-order valence-corrected chi connectivity index (χ2v) is 5.60. The van der Waals surface area contributed by atoms with Gasteiger partial charge in [-0.1, -0.05) is 26.7 Å². The van der Waals surface area contributed by atoms with E-state index in [0.717, 1.165) is 25.7 Å². The summed E-state index contributed by atoms with van der Waals surface area (Å²) in [4.78, 5) is 0. The van der Waals surface area contributed by atoms with Crippen LogP contribution in [0.1, 0.15) is 32.6 Å². The molecule has 0 saturated carbocycles. The summed E-state index contributed by atoms with van der Waals surface area (Å²) in [6.45, 7) is 16.6. The minimum absolute atomic E-state index is 0.131. The predicted octanol–water partition coefficient (Wildman–Crippen LogP) is 4.63. The molecule has 0 saturated heterocycles. The third-order valence-corrected chi connectivity index (χ3v) is 3.63. The summed E-state index contributed by atoms with van der Waals surface area (Å²) in [5, 5.41) is 0. The number of hydrogen-bond donors (Lipinski definition) is 0. The molecular weight excluding hydrogens is 300 g/mol. The van der Waals surface area contributed by atoms with E-state index in [1.54, 1.807) is 0 Å². The minimum Gasteiger partial charge on any atom is -0.380 e. The molecule has 0 radical (unpaired) electrons. The fourth-order valence-corrected chi connectivity index (χ4v) is 2.03. The molecule has 0 aliphatic rings. The molecule has 0 heterocycles. The zero-order valence-corrected chi connectivity index (χ0v) is 15.1. The summed E-state index contributed by atoms with van der Waals surface area (Å²) in [5.74, 6) is 0. The number of ether oxygens (including phenoxy) is 3. The van der Waals surface area contributed by atoms with Gasteiger partial charge in [-0.05, 0) is 43.9 Å². The lowest BCUT2D eigenvalue weighted by Crippen LogP contribution is -2.37. The van der Waals surface area contributed by atoms with Crippen LogP contribution in [0.4, 0.5) is 0 Å². The fraction of sp³-hybridized carbons (Fsp3) is 0.571. The molecule has 3 heteroatoms. The first kappa shape index (κ1) is 22.4. The lowest BCUT2D eigenvalue weighted by Gasteiger charge is -2.32. The fourth-order valence-electron chi connectivity index (χ4n) is 2.03. The summed E-state index contributed by atoms with van der Waals surface area (Å²) >= 11 is 0.